The SMILES string of the molecule is O=C(NCc1ccno1)c1ccc(Br)o1. The predicted molar refractivity (Wildman–Crippen MR) is 54.1 cm³/mol. The van der Waals surface area contributed by atoms with Gasteiger partial charge in [0.2, 0.25) is 0 Å². The van der Waals surface area contributed by atoms with E-state index in [9.17, 15) is 4.79 Å². The van der Waals surface area contributed by atoms with E-state index in [4.69, 9.17) is 8.94 Å². The summed E-state index contributed by atoms with van der Waals surface area (Å²) in [4.78, 5) is 11.5. The van der Waals surface area contributed by atoms with Crippen molar-refractivity contribution in [1.29, 1.82) is 0 Å². The number of nitrogens with one attached hydrogen (secondary N) is 1. The summed E-state index contributed by atoms with van der Waals surface area (Å²) in [5, 5.41) is 6.15. The quantitative estimate of drug-likeness (QED) is 0.926. The third-order valence-electron chi connectivity index (χ3n) is 1.71. The molecule has 0 aromatic carbocycles. The van der Waals surface area contributed by atoms with Crippen molar-refractivity contribution < 1.29 is 13.7 Å². The lowest BCUT2D eigenvalue weighted by molar-refractivity contribution is 0.0918. The number of amides is 1. The molecular formula is C9H7BrN2O3. The molecule has 0 fully saturated rings. The van der Waals surface area contributed by atoms with Crippen LogP contribution in [0.4, 0.5) is 0 Å². The Morgan fingerprint density at radius 1 is 1.47 bits per heavy atom. The first kappa shape index (κ1) is 9.97. The summed E-state index contributed by atoms with van der Waals surface area (Å²) in [7, 11) is 0. The zero-order chi connectivity index (χ0) is 10.7. The third-order valence-corrected chi connectivity index (χ3v) is 2.14. The minimum absolute atomic E-state index is 0.251. The Hall–Kier alpha value is -1.56. The van der Waals surface area contributed by atoms with Crippen molar-refractivity contribution in [1.82, 2.24) is 10.5 Å². The van der Waals surface area contributed by atoms with Gasteiger partial charge in [0.1, 0.15) is 0 Å². The molecule has 1 N–H and O–H groups in total. The van der Waals surface area contributed by atoms with Gasteiger partial charge in [-0.3, -0.25) is 4.79 Å². The molecule has 0 spiro atoms. The second kappa shape index (κ2) is 4.31. The van der Waals surface area contributed by atoms with Gasteiger partial charge in [0.15, 0.2) is 16.2 Å². The van der Waals surface area contributed by atoms with Crippen LogP contribution in [0.15, 0.2) is 38.0 Å². The highest BCUT2D eigenvalue weighted by atomic mass is 79.9. The number of furan rings is 1. The molecule has 0 saturated carbocycles. The first-order valence-electron chi connectivity index (χ1n) is 4.19. The van der Waals surface area contributed by atoms with E-state index in [1.165, 1.54) is 6.20 Å². The van der Waals surface area contributed by atoms with Crippen LogP contribution in [0, 0.1) is 0 Å². The summed E-state index contributed by atoms with van der Waals surface area (Å²) in [5.41, 5.74) is 0. The number of halogens is 1. The number of carbonyl (C=O) groups excluding carboxylic acids is 1. The van der Waals surface area contributed by atoms with Gasteiger partial charge < -0.3 is 14.3 Å². The summed E-state index contributed by atoms with van der Waals surface area (Å²) >= 11 is 3.12. The zero-order valence-electron chi connectivity index (χ0n) is 7.57. The standard InChI is InChI=1S/C9H7BrN2O3/c10-8-2-1-7(14-8)9(13)11-5-6-3-4-12-15-6/h1-4H,5H2,(H,11,13). The average Bonchev–Trinajstić information content (AvgIpc) is 2.84. The smallest absolute Gasteiger partial charge is 0.287 e. The van der Waals surface area contributed by atoms with Gasteiger partial charge in [-0.1, -0.05) is 5.16 Å². The van der Waals surface area contributed by atoms with Crippen molar-refractivity contribution in [2.24, 2.45) is 0 Å². The van der Waals surface area contributed by atoms with Crippen molar-refractivity contribution in [3.05, 3.63) is 40.6 Å². The molecule has 2 aromatic rings. The van der Waals surface area contributed by atoms with E-state index in [-0.39, 0.29) is 18.2 Å². The topological polar surface area (TPSA) is 68.3 Å². The maximum absolute atomic E-state index is 11.5. The fourth-order valence-corrected chi connectivity index (χ4v) is 1.33. The molecule has 0 saturated heterocycles. The van der Waals surface area contributed by atoms with Gasteiger partial charge in [0.25, 0.3) is 5.91 Å². The van der Waals surface area contributed by atoms with Crippen molar-refractivity contribution in [3.63, 3.8) is 0 Å². The van der Waals surface area contributed by atoms with Gasteiger partial charge in [-0.25, -0.2) is 0 Å². The fraction of sp³-hybridized carbons (Fsp3) is 0.111. The monoisotopic (exact) mass is 270 g/mol. The Bertz CT molecular complexity index is 450. The van der Waals surface area contributed by atoms with Crippen LogP contribution in [0.3, 0.4) is 0 Å². The molecule has 2 aromatic heterocycles. The van der Waals surface area contributed by atoms with Gasteiger partial charge in [-0.2, -0.15) is 0 Å². The maximum Gasteiger partial charge on any atom is 0.287 e. The molecule has 0 radical (unpaired) electrons. The Labute approximate surface area is 93.6 Å². The van der Waals surface area contributed by atoms with E-state index in [2.05, 4.69) is 26.4 Å². The molecule has 2 rings (SSSR count). The minimum atomic E-state index is -0.294. The normalized spacial score (nSPS) is 10.2. The van der Waals surface area contributed by atoms with E-state index in [0.29, 0.717) is 10.4 Å². The molecule has 15 heavy (non-hydrogen) atoms. The van der Waals surface area contributed by atoms with Crippen molar-refractivity contribution in [2.45, 2.75) is 6.54 Å². The molecule has 0 aliphatic heterocycles. The van der Waals surface area contributed by atoms with Crippen LogP contribution in [0.1, 0.15) is 16.3 Å². The Morgan fingerprint density at radius 2 is 2.33 bits per heavy atom. The summed E-state index contributed by atoms with van der Waals surface area (Å²) in [6.45, 7) is 0.289. The van der Waals surface area contributed by atoms with E-state index >= 15 is 0 Å². The highest BCUT2D eigenvalue weighted by Crippen LogP contribution is 2.13. The van der Waals surface area contributed by atoms with Gasteiger partial charge in [0, 0.05) is 6.07 Å². The minimum Gasteiger partial charge on any atom is -0.444 e. The van der Waals surface area contributed by atoms with E-state index in [0.717, 1.165) is 0 Å². The Kier molecular flexibility index (Phi) is 2.86. The molecule has 1 amide bonds. The molecule has 78 valence electrons. The fourth-order valence-electron chi connectivity index (χ4n) is 1.02. The van der Waals surface area contributed by atoms with Crippen molar-refractivity contribution in [3.8, 4) is 0 Å². The number of carbonyl (C=O) groups is 1. The number of nitrogens with zero attached hydrogens (tertiary/aromatic N) is 1. The lowest BCUT2D eigenvalue weighted by Gasteiger charge is -1.98. The van der Waals surface area contributed by atoms with Crippen LogP contribution < -0.4 is 5.32 Å². The average molecular weight is 271 g/mol. The number of aromatic nitrogens is 1. The zero-order valence-corrected chi connectivity index (χ0v) is 9.15. The lowest BCUT2D eigenvalue weighted by Crippen LogP contribution is -2.21. The maximum atomic E-state index is 11.5. The number of hydrogen-bond donors (Lipinski definition) is 1. The largest absolute Gasteiger partial charge is 0.444 e. The summed E-state index contributed by atoms with van der Waals surface area (Å²) in [6, 6.07) is 4.92. The van der Waals surface area contributed by atoms with Crippen LogP contribution in [-0.2, 0) is 6.54 Å². The van der Waals surface area contributed by atoms with E-state index < -0.39 is 0 Å². The number of hydrogen-bond acceptors (Lipinski definition) is 4. The summed E-state index contributed by atoms with van der Waals surface area (Å²) in [5.74, 6) is 0.549. The van der Waals surface area contributed by atoms with Gasteiger partial charge >= 0.3 is 0 Å². The van der Waals surface area contributed by atoms with Gasteiger partial charge in [-0.15, -0.1) is 0 Å². The molecule has 0 unspecified atom stereocenters. The highest BCUT2D eigenvalue weighted by Gasteiger charge is 2.10. The first-order chi connectivity index (χ1) is 7.25. The molecule has 5 nitrogen and oxygen atoms in total. The molecule has 2 heterocycles. The molecule has 0 aliphatic carbocycles. The van der Waals surface area contributed by atoms with Crippen molar-refractivity contribution in [2.75, 3.05) is 0 Å². The van der Waals surface area contributed by atoms with Gasteiger partial charge in [-0.05, 0) is 28.1 Å². The second-order valence-corrected chi connectivity index (χ2v) is 3.55. The Morgan fingerprint density at radius 3 is 2.93 bits per heavy atom. The molecule has 0 bridgehead atoms. The highest BCUT2D eigenvalue weighted by molar-refractivity contribution is 9.10. The van der Waals surface area contributed by atoms with Crippen LogP contribution in [0.2, 0.25) is 0 Å². The van der Waals surface area contributed by atoms with Crippen LogP contribution >= 0.6 is 15.9 Å². The second-order valence-electron chi connectivity index (χ2n) is 2.77. The summed E-state index contributed by atoms with van der Waals surface area (Å²) < 4.78 is 10.4. The van der Waals surface area contributed by atoms with Crippen LogP contribution in [0.5, 0.6) is 0 Å². The first-order valence-corrected chi connectivity index (χ1v) is 4.98. The molecular weight excluding hydrogens is 264 g/mol. The van der Waals surface area contributed by atoms with Crippen LogP contribution in [0.25, 0.3) is 0 Å². The number of rotatable bonds is 3. The summed E-state index contributed by atoms with van der Waals surface area (Å²) in [6.07, 6.45) is 1.52. The molecule has 0 aliphatic rings. The van der Waals surface area contributed by atoms with Crippen LogP contribution in [-0.4, -0.2) is 11.1 Å². The van der Waals surface area contributed by atoms with Gasteiger partial charge in [0.05, 0.1) is 12.7 Å². The Balaban J connectivity index is 1.93. The lowest BCUT2D eigenvalue weighted by atomic mass is 10.4. The molecule has 6 heteroatoms. The predicted octanol–water partition coefficient (Wildman–Crippen LogP) is 1.96. The van der Waals surface area contributed by atoms with Crippen molar-refractivity contribution >= 4 is 21.8 Å². The molecule has 0 atom stereocenters. The van der Waals surface area contributed by atoms with E-state index in [1.807, 2.05) is 0 Å². The van der Waals surface area contributed by atoms with E-state index in [1.54, 1.807) is 18.2 Å². The third kappa shape index (κ3) is 2.47.